The van der Waals surface area contributed by atoms with Crippen LogP contribution in [0, 0.1) is 6.92 Å². The first-order valence-electron chi connectivity index (χ1n) is 7.45. The molecule has 0 saturated heterocycles. The molecule has 0 aliphatic carbocycles. The molecular weight excluding hydrogens is 312 g/mol. The molecule has 6 heteroatoms. The van der Waals surface area contributed by atoms with Crippen LogP contribution in [0.25, 0.3) is 11.3 Å². The summed E-state index contributed by atoms with van der Waals surface area (Å²) in [5, 5.41) is 15.0. The summed E-state index contributed by atoms with van der Waals surface area (Å²) in [6.07, 6.45) is 1.21. The highest BCUT2D eigenvalue weighted by atomic mass is 32.1. The van der Waals surface area contributed by atoms with Crippen molar-refractivity contribution in [3.63, 3.8) is 0 Å². The first kappa shape index (κ1) is 17.2. The zero-order valence-corrected chi connectivity index (χ0v) is 14.0. The molecule has 1 aromatic carbocycles. The second-order valence-electron chi connectivity index (χ2n) is 5.21. The Morgan fingerprint density at radius 3 is 2.74 bits per heavy atom. The first-order valence-corrected chi connectivity index (χ1v) is 7.85. The SMILES string of the molecule is CCCC(=O)NC(=S)Nc1cc(-c2ccc(CO)o2)ccc1C. The Kier molecular flexibility index (Phi) is 5.90. The van der Waals surface area contributed by atoms with Crippen molar-refractivity contribution in [1.82, 2.24) is 5.32 Å². The minimum Gasteiger partial charge on any atom is -0.459 e. The smallest absolute Gasteiger partial charge is 0.226 e. The number of hydrogen-bond donors (Lipinski definition) is 3. The van der Waals surface area contributed by atoms with Gasteiger partial charge in [-0.25, -0.2) is 0 Å². The Morgan fingerprint density at radius 1 is 1.30 bits per heavy atom. The summed E-state index contributed by atoms with van der Waals surface area (Å²) in [4.78, 5) is 11.6. The van der Waals surface area contributed by atoms with Gasteiger partial charge in [-0.1, -0.05) is 19.1 Å². The standard InChI is InChI=1S/C17H20N2O3S/c1-3-4-16(21)19-17(23)18-14-9-12(6-5-11(14)2)15-8-7-13(10-20)22-15/h5-9,20H,3-4,10H2,1-2H3,(H2,18,19,21,23). The molecule has 0 unspecified atom stereocenters. The van der Waals surface area contributed by atoms with Crippen molar-refractivity contribution in [2.75, 3.05) is 5.32 Å². The monoisotopic (exact) mass is 332 g/mol. The topological polar surface area (TPSA) is 74.5 Å². The van der Waals surface area contributed by atoms with E-state index in [1.54, 1.807) is 12.1 Å². The van der Waals surface area contributed by atoms with Crippen LogP contribution >= 0.6 is 12.2 Å². The van der Waals surface area contributed by atoms with Crippen LogP contribution in [-0.2, 0) is 11.4 Å². The molecule has 3 N–H and O–H groups in total. The highest BCUT2D eigenvalue weighted by molar-refractivity contribution is 7.80. The summed E-state index contributed by atoms with van der Waals surface area (Å²) in [6.45, 7) is 3.75. The van der Waals surface area contributed by atoms with Crippen molar-refractivity contribution in [3.8, 4) is 11.3 Å². The Labute approximate surface area is 140 Å². The van der Waals surface area contributed by atoms with Crippen molar-refractivity contribution in [2.24, 2.45) is 0 Å². The first-order chi connectivity index (χ1) is 11.0. The van der Waals surface area contributed by atoms with E-state index in [2.05, 4.69) is 10.6 Å². The lowest BCUT2D eigenvalue weighted by atomic mass is 10.1. The van der Waals surface area contributed by atoms with Crippen molar-refractivity contribution in [3.05, 3.63) is 41.7 Å². The van der Waals surface area contributed by atoms with Crippen LogP contribution in [0.15, 0.2) is 34.7 Å². The van der Waals surface area contributed by atoms with Gasteiger partial charge in [-0.05, 0) is 49.3 Å². The van der Waals surface area contributed by atoms with Crippen LogP contribution in [0.5, 0.6) is 0 Å². The van der Waals surface area contributed by atoms with Crippen molar-refractivity contribution >= 4 is 28.9 Å². The van der Waals surface area contributed by atoms with E-state index in [1.807, 2.05) is 32.0 Å². The quantitative estimate of drug-likeness (QED) is 0.732. The van der Waals surface area contributed by atoms with Gasteiger partial charge in [-0.2, -0.15) is 0 Å². The Bertz CT molecular complexity index is 710. The third-order valence-electron chi connectivity index (χ3n) is 3.32. The molecule has 0 bridgehead atoms. The minimum absolute atomic E-state index is 0.0996. The van der Waals surface area contributed by atoms with Crippen LogP contribution in [0.1, 0.15) is 31.1 Å². The molecule has 0 saturated carbocycles. The van der Waals surface area contributed by atoms with Crippen LogP contribution in [0.2, 0.25) is 0 Å². The summed E-state index contributed by atoms with van der Waals surface area (Å²) in [7, 11) is 0. The zero-order chi connectivity index (χ0) is 16.8. The number of furan rings is 1. The molecule has 0 radical (unpaired) electrons. The molecule has 122 valence electrons. The third kappa shape index (κ3) is 4.64. The number of rotatable bonds is 5. The lowest BCUT2D eigenvalue weighted by Crippen LogP contribution is -2.34. The fourth-order valence-electron chi connectivity index (χ4n) is 2.10. The van der Waals surface area contributed by atoms with E-state index in [1.165, 1.54) is 0 Å². The van der Waals surface area contributed by atoms with Crippen molar-refractivity contribution < 1.29 is 14.3 Å². The Hall–Kier alpha value is -2.18. The largest absolute Gasteiger partial charge is 0.459 e. The van der Waals surface area contributed by atoms with E-state index in [0.29, 0.717) is 17.9 Å². The molecule has 1 aromatic heterocycles. The number of anilines is 1. The van der Waals surface area contributed by atoms with Gasteiger partial charge in [-0.3, -0.25) is 4.79 Å². The van der Waals surface area contributed by atoms with Gasteiger partial charge in [0.15, 0.2) is 5.11 Å². The summed E-state index contributed by atoms with van der Waals surface area (Å²) < 4.78 is 5.53. The van der Waals surface area contributed by atoms with Gasteiger partial charge in [0.25, 0.3) is 0 Å². The number of carbonyl (C=O) groups excluding carboxylic acids is 1. The van der Waals surface area contributed by atoms with E-state index in [0.717, 1.165) is 23.2 Å². The number of benzene rings is 1. The Balaban J connectivity index is 2.14. The maximum Gasteiger partial charge on any atom is 0.226 e. The predicted octanol–water partition coefficient (Wildman–Crippen LogP) is 3.36. The summed E-state index contributed by atoms with van der Waals surface area (Å²) >= 11 is 5.17. The number of aliphatic hydroxyl groups is 1. The lowest BCUT2D eigenvalue weighted by Gasteiger charge is -2.12. The summed E-state index contributed by atoms with van der Waals surface area (Å²) in [5.41, 5.74) is 2.65. The van der Waals surface area contributed by atoms with Gasteiger partial charge >= 0.3 is 0 Å². The minimum atomic E-state index is -0.134. The van der Waals surface area contributed by atoms with Gasteiger partial charge < -0.3 is 20.2 Å². The number of nitrogens with one attached hydrogen (secondary N) is 2. The summed E-state index contributed by atoms with van der Waals surface area (Å²) in [5.74, 6) is 1.08. The molecule has 0 aliphatic heterocycles. The molecule has 1 amide bonds. The number of thiocarbonyl (C=S) groups is 1. The molecule has 23 heavy (non-hydrogen) atoms. The maximum atomic E-state index is 11.6. The van der Waals surface area contributed by atoms with Gasteiger partial charge in [0, 0.05) is 17.7 Å². The average molecular weight is 332 g/mol. The second kappa shape index (κ2) is 7.89. The van der Waals surface area contributed by atoms with E-state index >= 15 is 0 Å². The molecule has 2 aromatic rings. The fourth-order valence-corrected chi connectivity index (χ4v) is 2.32. The van der Waals surface area contributed by atoms with Crippen LogP contribution < -0.4 is 10.6 Å². The number of aliphatic hydroxyl groups excluding tert-OH is 1. The maximum absolute atomic E-state index is 11.6. The number of carbonyl (C=O) groups is 1. The highest BCUT2D eigenvalue weighted by Gasteiger charge is 2.09. The molecule has 0 fully saturated rings. The molecular formula is C17H20N2O3S. The molecule has 5 nitrogen and oxygen atoms in total. The third-order valence-corrected chi connectivity index (χ3v) is 3.52. The average Bonchev–Trinajstić information content (AvgIpc) is 2.98. The van der Waals surface area contributed by atoms with Crippen molar-refractivity contribution in [1.29, 1.82) is 0 Å². The van der Waals surface area contributed by atoms with E-state index in [9.17, 15) is 4.79 Å². The van der Waals surface area contributed by atoms with Crippen LogP contribution in [0.4, 0.5) is 5.69 Å². The van der Waals surface area contributed by atoms with Crippen molar-refractivity contribution in [2.45, 2.75) is 33.3 Å². The number of hydrogen-bond acceptors (Lipinski definition) is 4. The summed E-state index contributed by atoms with van der Waals surface area (Å²) in [6, 6.07) is 9.31. The van der Waals surface area contributed by atoms with E-state index in [-0.39, 0.29) is 17.6 Å². The van der Waals surface area contributed by atoms with Gasteiger partial charge in [0.1, 0.15) is 18.1 Å². The molecule has 0 aliphatic rings. The molecule has 2 rings (SSSR count). The molecule has 1 heterocycles. The second-order valence-corrected chi connectivity index (χ2v) is 5.61. The van der Waals surface area contributed by atoms with Crippen LogP contribution in [0.3, 0.4) is 0 Å². The van der Waals surface area contributed by atoms with E-state index < -0.39 is 0 Å². The molecule has 0 atom stereocenters. The van der Waals surface area contributed by atoms with E-state index in [4.69, 9.17) is 21.7 Å². The number of amides is 1. The lowest BCUT2D eigenvalue weighted by molar-refractivity contribution is -0.119. The predicted molar refractivity (Wildman–Crippen MR) is 94.1 cm³/mol. The fraction of sp³-hybridized carbons (Fsp3) is 0.294. The van der Waals surface area contributed by atoms with Gasteiger partial charge in [0.05, 0.1) is 0 Å². The molecule has 0 spiro atoms. The number of aryl methyl sites for hydroxylation is 1. The van der Waals surface area contributed by atoms with Gasteiger partial charge in [0.2, 0.25) is 5.91 Å². The van der Waals surface area contributed by atoms with Crippen LogP contribution in [-0.4, -0.2) is 16.1 Å². The highest BCUT2D eigenvalue weighted by Crippen LogP contribution is 2.27. The normalized spacial score (nSPS) is 10.4. The Morgan fingerprint density at radius 2 is 2.09 bits per heavy atom. The zero-order valence-electron chi connectivity index (χ0n) is 13.2. The van der Waals surface area contributed by atoms with Gasteiger partial charge in [-0.15, -0.1) is 0 Å².